The van der Waals surface area contributed by atoms with E-state index in [0.717, 1.165) is 0 Å². The smallest absolute Gasteiger partial charge is 0.263 e. The molecule has 3 aromatic rings. The number of amides is 1. The summed E-state index contributed by atoms with van der Waals surface area (Å²) in [6.45, 7) is -0.401. The van der Waals surface area contributed by atoms with E-state index in [1.807, 2.05) is 5.48 Å². The molecule has 0 unspecified atom stereocenters. The molecule has 1 aromatic heterocycles. The van der Waals surface area contributed by atoms with Gasteiger partial charge < -0.3 is 10.1 Å². The summed E-state index contributed by atoms with van der Waals surface area (Å²) in [5, 5.41) is 18.9. The van der Waals surface area contributed by atoms with E-state index in [0.29, 0.717) is 5.75 Å². The lowest BCUT2D eigenvalue weighted by Crippen LogP contribution is -2.25. The highest BCUT2D eigenvalue weighted by molar-refractivity contribution is 9.10. The molecule has 3 rings (SSSR count). The fourth-order valence-electron chi connectivity index (χ4n) is 2.09. The number of hydrogen-bond donors (Lipinski definition) is 3. The third-order valence-electron chi connectivity index (χ3n) is 3.40. The Morgan fingerprint density at radius 1 is 1.21 bits per heavy atom. The molecule has 150 valence electrons. The number of halogens is 3. The highest BCUT2D eigenvalue weighted by atomic mass is 79.9. The van der Waals surface area contributed by atoms with Gasteiger partial charge in [0.2, 0.25) is 5.82 Å². The number of ether oxygens (including phenoxy) is 1. The van der Waals surface area contributed by atoms with Gasteiger partial charge in [-0.15, -0.1) is 0 Å². The summed E-state index contributed by atoms with van der Waals surface area (Å²) in [7, 11) is 0. The van der Waals surface area contributed by atoms with Crippen molar-refractivity contribution < 1.29 is 28.1 Å². The summed E-state index contributed by atoms with van der Waals surface area (Å²) in [6.07, 6.45) is 0. The van der Waals surface area contributed by atoms with Gasteiger partial charge in [0, 0.05) is 0 Å². The molecule has 9 nitrogen and oxygen atoms in total. The number of carbonyl (C=O) groups is 1. The molecule has 0 aliphatic carbocycles. The third kappa shape index (κ3) is 5.33. The Morgan fingerprint density at radius 2 is 1.97 bits per heavy atom. The molecular weight excluding hydrogens is 456 g/mol. The van der Waals surface area contributed by atoms with E-state index in [1.54, 1.807) is 0 Å². The van der Waals surface area contributed by atoms with Crippen molar-refractivity contribution in [2.24, 2.45) is 4.99 Å². The number of hydroxylamine groups is 1. The Hall–Kier alpha value is -3.38. The summed E-state index contributed by atoms with van der Waals surface area (Å²) >= 11 is 3.03. The van der Waals surface area contributed by atoms with E-state index in [2.05, 4.69) is 41.2 Å². The van der Waals surface area contributed by atoms with Crippen LogP contribution in [-0.2, 0) is 4.79 Å². The zero-order chi connectivity index (χ0) is 20.8. The van der Waals surface area contributed by atoms with Gasteiger partial charge in [0.15, 0.2) is 18.1 Å². The quantitative estimate of drug-likeness (QED) is 0.289. The van der Waals surface area contributed by atoms with Gasteiger partial charge in [-0.1, -0.05) is 0 Å². The molecular formula is C17H12BrF2N5O4. The third-order valence-corrected chi connectivity index (χ3v) is 4.01. The second-order valence-electron chi connectivity index (χ2n) is 5.42. The number of rotatable bonds is 6. The van der Waals surface area contributed by atoms with Gasteiger partial charge in [0.25, 0.3) is 5.91 Å². The first-order valence-corrected chi connectivity index (χ1v) is 8.70. The van der Waals surface area contributed by atoms with E-state index in [1.165, 1.54) is 42.5 Å². The number of nitrogens with one attached hydrogen (secondary N) is 2. The van der Waals surface area contributed by atoms with Crippen LogP contribution in [0.3, 0.4) is 0 Å². The molecule has 12 heteroatoms. The van der Waals surface area contributed by atoms with Gasteiger partial charge in [-0.05, 0) is 68.7 Å². The molecule has 1 amide bonds. The maximum absolute atomic E-state index is 13.3. The van der Waals surface area contributed by atoms with Crippen molar-refractivity contribution in [1.29, 1.82) is 0 Å². The zero-order valence-corrected chi connectivity index (χ0v) is 16.0. The van der Waals surface area contributed by atoms with Crippen LogP contribution in [0, 0.1) is 11.6 Å². The molecule has 0 aliphatic rings. The van der Waals surface area contributed by atoms with Gasteiger partial charge >= 0.3 is 0 Å². The Kier molecular flexibility index (Phi) is 6.46. The van der Waals surface area contributed by atoms with Crippen molar-refractivity contribution in [3.8, 4) is 5.75 Å². The molecule has 1 heterocycles. The van der Waals surface area contributed by atoms with E-state index in [-0.39, 0.29) is 27.5 Å². The summed E-state index contributed by atoms with van der Waals surface area (Å²) < 4.78 is 36.2. The van der Waals surface area contributed by atoms with E-state index < -0.39 is 24.1 Å². The van der Waals surface area contributed by atoms with Crippen LogP contribution in [0.15, 0.2) is 56.6 Å². The van der Waals surface area contributed by atoms with Crippen LogP contribution in [0.1, 0.15) is 5.69 Å². The molecule has 0 bridgehead atoms. The van der Waals surface area contributed by atoms with Crippen LogP contribution in [0.5, 0.6) is 5.75 Å². The topological polar surface area (TPSA) is 122 Å². The zero-order valence-electron chi connectivity index (χ0n) is 14.4. The molecule has 0 atom stereocenters. The monoisotopic (exact) mass is 467 g/mol. The maximum Gasteiger partial charge on any atom is 0.263 e. The van der Waals surface area contributed by atoms with E-state index in [4.69, 9.17) is 4.74 Å². The lowest BCUT2D eigenvalue weighted by atomic mass is 10.3. The first-order chi connectivity index (χ1) is 14.0. The highest BCUT2D eigenvalue weighted by Crippen LogP contribution is 2.23. The molecule has 0 saturated heterocycles. The van der Waals surface area contributed by atoms with Gasteiger partial charge in [-0.3, -0.25) is 15.5 Å². The van der Waals surface area contributed by atoms with Crippen molar-refractivity contribution >= 4 is 39.2 Å². The van der Waals surface area contributed by atoms with Crippen molar-refractivity contribution in [3.63, 3.8) is 0 Å². The largest absolute Gasteiger partial charge is 0.484 e. The minimum atomic E-state index is -0.618. The lowest BCUT2D eigenvalue weighted by Gasteiger charge is -2.07. The van der Waals surface area contributed by atoms with Gasteiger partial charge in [-0.2, -0.15) is 0 Å². The van der Waals surface area contributed by atoms with E-state index >= 15 is 0 Å². The molecule has 3 N–H and O–H groups in total. The summed E-state index contributed by atoms with van der Waals surface area (Å²) in [5.74, 6) is -1.59. The number of aromatic nitrogens is 2. The van der Waals surface area contributed by atoms with Crippen LogP contribution in [0.4, 0.5) is 20.3 Å². The second-order valence-corrected chi connectivity index (χ2v) is 6.28. The van der Waals surface area contributed by atoms with Crippen LogP contribution in [0.2, 0.25) is 0 Å². The van der Waals surface area contributed by atoms with Crippen molar-refractivity contribution in [2.75, 3.05) is 11.9 Å². The first kappa shape index (κ1) is 20.4. The highest BCUT2D eigenvalue weighted by Gasteiger charge is 2.19. The number of hydrogen-bond acceptors (Lipinski definition) is 7. The van der Waals surface area contributed by atoms with Gasteiger partial charge in [0.05, 0.1) is 10.2 Å². The lowest BCUT2D eigenvalue weighted by molar-refractivity contribution is -0.118. The van der Waals surface area contributed by atoms with Crippen LogP contribution in [0.25, 0.3) is 0 Å². The molecule has 0 radical (unpaired) electrons. The predicted molar refractivity (Wildman–Crippen MR) is 100 cm³/mol. The summed E-state index contributed by atoms with van der Waals surface area (Å²) in [6, 6.07) is 9.02. The number of aliphatic imine (C=N–C) groups is 1. The summed E-state index contributed by atoms with van der Waals surface area (Å²) in [5.41, 5.74) is 1.99. The Labute approximate surface area is 170 Å². The molecule has 29 heavy (non-hydrogen) atoms. The standard InChI is InChI=1S/C17H12BrF2N5O4/c18-12-7-10(3-6-13(12)20)21-16(23-27)15-17(25-29-24-15)22-14(26)8-28-11-4-1-9(19)2-5-11/h1-7,27H,8H2,(H,21,23)(H,22,25,26). The second kappa shape index (κ2) is 9.21. The van der Waals surface area contributed by atoms with Crippen molar-refractivity contribution in [1.82, 2.24) is 15.8 Å². The van der Waals surface area contributed by atoms with E-state index in [9.17, 15) is 18.8 Å². The van der Waals surface area contributed by atoms with Crippen molar-refractivity contribution in [3.05, 3.63) is 64.3 Å². The Balaban J connectivity index is 1.71. The fraction of sp³-hybridized carbons (Fsp3) is 0.0588. The van der Waals surface area contributed by atoms with Crippen LogP contribution < -0.4 is 15.5 Å². The minimum Gasteiger partial charge on any atom is -0.484 e. The molecule has 0 spiro atoms. The predicted octanol–water partition coefficient (Wildman–Crippen LogP) is 3.18. The molecule has 2 aromatic carbocycles. The van der Waals surface area contributed by atoms with Crippen molar-refractivity contribution in [2.45, 2.75) is 0 Å². The van der Waals surface area contributed by atoms with Crippen LogP contribution >= 0.6 is 15.9 Å². The average Bonchev–Trinajstić information content (AvgIpc) is 3.16. The normalized spacial score (nSPS) is 11.2. The van der Waals surface area contributed by atoms with Crippen LogP contribution in [-0.4, -0.2) is 33.9 Å². The Bertz CT molecular complexity index is 1040. The number of benzene rings is 2. The summed E-state index contributed by atoms with van der Waals surface area (Å²) in [4.78, 5) is 16.1. The molecule has 0 saturated carbocycles. The fourth-order valence-corrected chi connectivity index (χ4v) is 2.46. The number of anilines is 1. The Morgan fingerprint density at radius 3 is 2.66 bits per heavy atom. The first-order valence-electron chi connectivity index (χ1n) is 7.91. The van der Waals surface area contributed by atoms with Gasteiger partial charge in [0.1, 0.15) is 17.4 Å². The number of nitrogens with zero attached hydrogens (tertiary/aromatic N) is 3. The minimum absolute atomic E-state index is 0.108. The van der Waals surface area contributed by atoms with Gasteiger partial charge in [-0.25, -0.2) is 18.4 Å². The maximum atomic E-state index is 13.3. The number of carbonyl (C=O) groups excluding carboxylic acids is 1. The molecule has 0 fully saturated rings. The molecule has 0 aliphatic heterocycles. The average molecular weight is 468 g/mol. The SMILES string of the molecule is O=C(COc1ccc(F)cc1)Nc1nonc1C(=Nc1ccc(F)c(Br)c1)NO. The number of amidine groups is 1.